The zero-order chi connectivity index (χ0) is 14.4. The van der Waals surface area contributed by atoms with Crippen molar-refractivity contribution < 1.29 is 9.18 Å². The molecule has 0 saturated carbocycles. The van der Waals surface area contributed by atoms with Gasteiger partial charge in [0.15, 0.2) is 0 Å². The highest BCUT2D eigenvalue weighted by atomic mass is 19.1. The molecule has 5 nitrogen and oxygen atoms in total. The first-order valence-corrected chi connectivity index (χ1v) is 6.21. The van der Waals surface area contributed by atoms with E-state index in [-0.39, 0.29) is 17.4 Å². The smallest absolute Gasteiger partial charge is 0.271 e. The fourth-order valence-electron chi connectivity index (χ4n) is 1.70. The molecule has 6 heteroatoms. The average molecular weight is 274 g/mol. The molecule has 0 radical (unpaired) electrons. The molecule has 2 N–H and O–H groups in total. The van der Waals surface area contributed by atoms with Crippen LogP contribution >= 0.6 is 0 Å². The molecule has 104 valence electrons. The van der Waals surface area contributed by atoms with Gasteiger partial charge in [-0.25, -0.2) is 9.37 Å². The summed E-state index contributed by atoms with van der Waals surface area (Å²) in [5.74, 6) is -0.0461. The molecule has 0 bridgehead atoms. The van der Waals surface area contributed by atoms with Gasteiger partial charge in [-0.2, -0.15) is 0 Å². The van der Waals surface area contributed by atoms with Gasteiger partial charge in [-0.3, -0.25) is 9.78 Å². The van der Waals surface area contributed by atoms with Gasteiger partial charge in [0.05, 0.1) is 12.4 Å². The minimum atomic E-state index is -0.300. The second-order valence-electron chi connectivity index (χ2n) is 4.18. The van der Waals surface area contributed by atoms with E-state index in [9.17, 15) is 9.18 Å². The van der Waals surface area contributed by atoms with Crippen LogP contribution in [0.25, 0.3) is 0 Å². The molecule has 20 heavy (non-hydrogen) atoms. The molecular weight excluding hydrogens is 259 g/mol. The highest BCUT2D eigenvalue weighted by Gasteiger charge is 2.07. The number of hydrogen-bond donors (Lipinski definition) is 2. The molecule has 0 fully saturated rings. The SMILES string of the molecule is CNc1cncc(C(=O)NCCc2cccc(F)c2)n1. The summed E-state index contributed by atoms with van der Waals surface area (Å²) >= 11 is 0. The third kappa shape index (κ3) is 3.74. The van der Waals surface area contributed by atoms with Crippen LogP contribution in [0.2, 0.25) is 0 Å². The van der Waals surface area contributed by atoms with Gasteiger partial charge in [0, 0.05) is 13.6 Å². The van der Waals surface area contributed by atoms with E-state index in [1.54, 1.807) is 13.1 Å². The Morgan fingerprint density at radius 3 is 2.95 bits per heavy atom. The maximum Gasteiger partial charge on any atom is 0.271 e. The number of nitrogens with one attached hydrogen (secondary N) is 2. The van der Waals surface area contributed by atoms with Crippen molar-refractivity contribution in [2.75, 3.05) is 18.9 Å². The van der Waals surface area contributed by atoms with Gasteiger partial charge < -0.3 is 10.6 Å². The van der Waals surface area contributed by atoms with Crippen molar-refractivity contribution in [2.45, 2.75) is 6.42 Å². The van der Waals surface area contributed by atoms with Gasteiger partial charge in [-0.15, -0.1) is 0 Å². The number of carbonyl (C=O) groups is 1. The predicted molar refractivity (Wildman–Crippen MR) is 74.0 cm³/mol. The Bertz CT molecular complexity index is 603. The third-order valence-corrected chi connectivity index (χ3v) is 2.71. The van der Waals surface area contributed by atoms with Crippen molar-refractivity contribution in [3.8, 4) is 0 Å². The first-order chi connectivity index (χ1) is 9.69. The Morgan fingerprint density at radius 2 is 2.20 bits per heavy atom. The highest BCUT2D eigenvalue weighted by Crippen LogP contribution is 2.04. The van der Waals surface area contributed by atoms with E-state index in [0.29, 0.717) is 18.8 Å². The maximum absolute atomic E-state index is 13.0. The molecule has 1 amide bonds. The summed E-state index contributed by atoms with van der Waals surface area (Å²) in [5.41, 5.74) is 1.08. The minimum Gasteiger partial charge on any atom is -0.372 e. The summed E-state index contributed by atoms with van der Waals surface area (Å²) < 4.78 is 13.0. The van der Waals surface area contributed by atoms with E-state index < -0.39 is 0 Å². The number of amides is 1. The number of nitrogens with zero attached hydrogens (tertiary/aromatic N) is 2. The third-order valence-electron chi connectivity index (χ3n) is 2.71. The number of benzene rings is 1. The van der Waals surface area contributed by atoms with Crippen LogP contribution in [0, 0.1) is 5.82 Å². The van der Waals surface area contributed by atoms with Crippen molar-refractivity contribution in [1.29, 1.82) is 0 Å². The monoisotopic (exact) mass is 274 g/mol. The maximum atomic E-state index is 13.0. The van der Waals surface area contributed by atoms with Crippen LogP contribution < -0.4 is 10.6 Å². The van der Waals surface area contributed by atoms with Crippen molar-refractivity contribution in [1.82, 2.24) is 15.3 Å². The number of rotatable bonds is 5. The lowest BCUT2D eigenvalue weighted by Crippen LogP contribution is -2.26. The van der Waals surface area contributed by atoms with Gasteiger partial charge in [0.2, 0.25) is 0 Å². The van der Waals surface area contributed by atoms with E-state index in [1.165, 1.54) is 24.5 Å². The second kappa shape index (κ2) is 6.60. The summed E-state index contributed by atoms with van der Waals surface area (Å²) in [6.45, 7) is 0.410. The van der Waals surface area contributed by atoms with E-state index in [1.807, 2.05) is 6.07 Å². The lowest BCUT2D eigenvalue weighted by atomic mass is 10.1. The Labute approximate surface area is 116 Å². The molecule has 1 aromatic carbocycles. The molecule has 0 aliphatic carbocycles. The van der Waals surface area contributed by atoms with Crippen molar-refractivity contribution in [2.24, 2.45) is 0 Å². The second-order valence-corrected chi connectivity index (χ2v) is 4.18. The number of aromatic nitrogens is 2. The fourth-order valence-corrected chi connectivity index (χ4v) is 1.70. The van der Waals surface area contributed by atoms with Crippen molar-refractivity contribution in [3.63, 3.8) is 0 Å². The summed E-state index contributed by atoms with van der Waals surface area (Å²) in [6.07, 6.45) is 3.49. The standard InChI is InChI=1S/C14H15FN4O/c1-16-13-9-17-8-12(19-13)14(20)18-6-5-10-3-2-4-11(15)7-10/h2-4,7-9H,5-6H2,1H3,(H,16,19)(H,18,20). The van der Waals surface area contributed by atoms with E-state index in [2.05, 4.69) is 20.6 Å². The first-order valence-electron chi connectivity index (χ1n) is 6.21. The van der Waals surface area contributed by atoms with Gasteiger partial charge in [0.1, 0.15) is 17.3 Å². The lowest BCUT2D eigenvalue weighted by Gasteiger charge is -2.06. The topological polar surface area (TPSA) is 66.9 Å². The molecule has 1 aromatic heterocycles. The zero-order valence-corrected chi connectivity index (χ0v) is 11.1. The lowest BCUT2D eigenvalue weighted by molar-refractivity contribution is 0.0949. The number of anilines is 1. The van der Waals surface area contributed by atoms with Crippen LogP contribution in [-0.2, 0) is 6.42 Å². The Morgan fingerprint density at radius 1 is 1.35 bits per heavy atom. The van der Waals surface area contributed by atoms with Gasteiger partial charge in [-0.05, 0) is 24.1 Å². The van der Waals surface area contributed by atoms with Gasteiger partial charge in [-0.1, -0.05) is 12.1 Å². The largest absolute Gasteiger partial charge is 0.372 e. The van der Waals surface area contributed by atoms with Gasteiger partial charge >= 0.3 is 0 Å². The molecule has 2 aromatic rings. The van der Waals surface area contributed by atoms with Crippen LogP contribution in [-0.4, -0.2) is 29.5 Å². The summed E-state index contributed by atoms with van der Waals surface area (Å²) in [5, 5.41) is 5.54. The predicted octanol–water partition coefficient (Wildman–Crippen LogP) is 1.63. The van der Waals surface area contributed by atoms with Crippen molar-refractivity contribution in [3.05, 3.63) is 53.7 Å². The van der Waals surface area contributed by atoms with Crippen molar-refractivity contribution >= 4 is 11.7 Å². The fraction of sp³-hybridized carbons (Fsp3) is 0.214. The number of halogens is 1. The molecule has 0 saturated heterocycles. The van der Waals surface area contributed by atoms with Crippen LogP contribution in [0.4, 0.5) is 10.2 Å². The van der Waals surface area contributed by atoms with Crippen LogP contribution in [0.1, 0.15) is 16.1 Å². The molecule has 0 atom stereocenters. The minimum absolute atomic E-state index is 0.246. The highest BCUT2D eigenvalue weighted by molar-refractivity contribution is 5.92. The van der Waals surface area contributed by atoms with E-state index in [4.69, 9.17) is 0 Å². The Hall–Kier alpha value is -2.50. The summed E-state index contributed by atoms with van der Waals surface area (Å²) in [7, 11) is 1.70. The molecule has 2 rings (SSSR count). The van der Waals surface area contributed by atoms with Gasteiger partial charge in [0.25, 0.3) is 5.91 Å². The Kier molecular flexibility index (Phi) is 4.60. The normalized spacial score (nSPS) is 10.1. The molecule has 0 spiro atoms. The van der Waals surface area contributed by atoms with Crippen LogP contribution in [0.5, 0.6) is 0 Å². The zero-order valence-electron chi connectivity index (χ0n) is 11.1. The summed E-state index contributed by atoms with van der Waals surface area (Å²) in [4.78, 5) is 19.9. The van der Waals surface area contributed by atoms with Crippen LogP contribution in [0.15, 0.2) is 36.7 Å². The molecule has 0 aliphatic heterocycles. The first kappa shape index (κ1) is 13.9. The Balaban J connectivity index is 1.89. The molecule has 0 unspecified atom stereocenters. The van der Waals surface area contributed by atoms with E-state index >= 15 is 0 Å². The quantitative estimate of drug-likeness (QED) is 0.869. The molecule has 0 aliphatic rings. The molecule has 1 heterocycles. The average Bonchev–Trinajstić information content (AvgIpc) is 2.47. The number of hydrogen-bond acceptors (Lipinski definition) is 4. The molecular formula is C14H15FN4O. The van der Waals surface area contributed by atoms with Crippen LogP contribution in [0.3, 0.4) is 0 Å². The number of carbonyl (C=O) groups excluding carboxylic acids is 1. The van der Waals surface area contributed by atoms with E-state index in [0.717, 1.165) is 5.56 Å². The summed E-state index contributed by atoms with van der Waals surface area (Å²) in [6, 6.07) is 6.31.